The number of hydrogen-bond donors (Lipinski definition) is 2. The van der Waals surface area contributed by atoms with Crippen LogP contribution in [0, 0.1) is 6.92 Å². The number of hydrogen-bond acceptors (Lipinski definition) is 7. The Kier molecular flexibility index (Phi) is 7.74. The van der Waals surface area contributed by atoms with Crippen LogP contribution >= 0.6 is 0 Å². The number of pyridine rings is 1. The summed E-state index contributed by atoms with van der Waals surface area (Å²) in [5.74, 6) is -1.28. The number of benzene rings is 1. The van der Waals surface area contributed by atoms with E-state index in [4.69, 9.17) is 9.47 Å². The molecule has 3 heterocycles. The Hall–Kier alpha value is -3.49. The molecule has 1 fully saturated rings. The summed E-state index contributed by atoms with van der Waals surface area (Å²) in [6.45, 7) is 7.52. The van der Waals surface area contributed by atoms with Crippen LogP contribution in [0.3, 0.4) is 0 Å². The number of alkyl halides is 3. The zero-order valence-corrected chi connectivity index (χ0v) is 22.5. The number of nitrogens with zero attached hydrogens (tertiary/aromatic N) is 3. The van der Waals surface area contributed by atoms with E-state index in [0.29, 0.717) is 18.8 Å². The van der Waals surface area contributed by atoms with Gasteiger partial charge < -0.3 is 14.8 Å². The van der Waals surface area contributed by atoms with E-state index < -0.39 is 39.1 Å². The Labute approximate surface area is 223 Å². The number of halogens is 3. The van der Waals surface area contributed by atoms with Crippen LogP contribution in [0.1, 0.15) is 48.0 Å². The fourth-order valence-corrected chi connectivity index (χ4v) is 4.90. The van der Waals surface area contributed by atoms with E-state index in [1.165, 1.54) is 29.9 Å². The molecule has 4 rings (SSSR count). The van der Waals surface area contributed by atoms with Gasteiger partial charge in [0.05, 0.1) is 29.7 Å². The van der Waals surface area contributed by atoms with Crippen LogP contribution in [-0.2, 0) is 33.0 Å². The van der Waals surface area contributed by atoms with Crippen molar-refractivity contribution in [1.29, 1.82) is 0 Å². The third-order valence-electron chi connectivity index (χ3n) is 5.84. The van der Waals surface area contributed by atoms with Crippen molar-refractivity contribution in [2.75, 3.05) is 13.2 Å². The van der Waals surface area contributed by atoms with Crippen LogP contribution in [0.25, 0.3) is 0 Å². The SMILES string of the molecule is Cc1c(C(=O)NCc2ccc(S(=O)(=O)NC3COC3)cc2)nn(C(C)(C)C)c1Oc1ncccc1C(F)(F)F. The first-order chi connectivity index (χ1) is 18.2. The number of carbonyl (C=O) groups is 1. The van der Waals surface area contributed by atoms with Gasteiger partial charge in [0.1, 0.15) is 5.56 Å². The Morgan fingerprint density at radius 2 is 1.82 bits per heavy atom. The van der Waals surface area contributed by atoms with Crippen molar-refractivity contribution in [2.45, 2.75) is 56.9 Å². The van der Waals surface area contributed by atoms with Crippen molar-refractivity contribution in [3.63, 3.8) is 0 Å². The van der Waals surface area contributed by atoms with Gasteiger partial charge in [0.25, 0.3) is 5.91 Å². The van der Waals surface area contributed by atoms with Crippen molar-refractivity contribution in [3.8, 4) is 11.8 Å². The number of nitrogens with one attached hydrogen (secondary N) is 2. The quantitative estimate of drug-likeness (QED) is 0.425. The average molecular weight is 568 g/mol. The normalized spacial score (nSPS) is 14.6. The van der Waals surface area contributed by atoms with E-state index in [2.05, 4.69) is 20.1 Å². The molecule has 1 saturated heterocycles. The molecule has 0 aliphatic carbocycles. The molecule has 10 nitrogen and oxygen atoms in total. The van der Waals surface area contributed by atoms with Gasteiger partial charge in [-0.1, -0.05) is 12.1 Å². The fourth-order valence-electron chi connectivity index (χ4n) is 3.69. The molecule has 2 N–H and O–H groups in total. The first-order valence-corrected chi connectivity index (χ1v) is 13.4. The lowest BCUT2D eigenvalue weighted by molar-refractivity contribution is -0.138. The van der Waals surface area contributed by atoms with E-state index in [1.807, 2.05) is 0 Å². The third kappa shape index (κ3) is 6.40. The second-order valence-corrected chi connectivity index (χ2v) is 11.7. The third-order valence-corrected chi connectivity index (χ3v) is 7.37. The topological polar surface area (TPSA) is 124 Å². The highest BCUT2D eigenvalue weighted by Crippen LogP contribution is 2.38. The number of rotatable bonds is 8. The predicted molar refractivity (Wildman–Crippen MR) is 134 cm³/mol. The van der Waals surface area contributed by atoms with E-state index in [0.717, 1.165) is 12.1 Å². The van der Waals surface area contributed by atoms with Crippen molar-refractivity contribution in [2.24, 2.45) is 0 Å². The van der Waals surface area contributed by atoms with Crippen LogP contribution in [0.5, 0.6) is 11.8 Å². The average Bonchev–Trinajstić information content (AvgIpc) is 3.16. The number of aromatic nitrogens is 3. The maximum absolute atomic E-state index is 13.5. The molecular formula is C25H28F3N5O5S. The largest absolute Gasteiger partial charge is 0.421 e. The van der Waals surface area contributed by atoms with Crippen LogP contribution in [0.2, 0.25) is 0 Å². The maximum atomic E-state index is 13.5. The van der Waals surface area contributed by atoms with Crippen LogP contribution < -0.4 is 14.8 Å². The molecule has 2 aromatic heterocycles. The number of carbonyl (C=O) groups excluding carboxylic acids is 1. The summed E-state index contributed by atoms with van der Waals surface area (Å²) in [4.78, 5) is 16.9. The summed E-state index contributed by atoms with van der Waals surface area (Å²) < 4.78 is 79.8. The summed E-state index contributed by atoms with van der Waals surface area (Å²) in [7, 11) is -3.69. The molecular weight excluding hydrogens is 539 g/mol. The van der Waals surface area contributed by atoms with Crippen molar-refractivity contribution in [1.82, 2.24) is 24.8 Å². The van der Waals surface area contributed by atoms with Gasteiger partial charge in [-0.2, -0.15) is 18.3 Å². The van der Waals surface area contributed by atoms with Gasteiger partial charge in [-0.25, -0.2) is 22.8 Å². The summed E-state index contributed by atoms with van der Waals surface area (Å²) in [6.07, 6.45) is -3.51. The molecule has 210 valence electrons. The Morgan fingerprint density at radius 3 is 2.38 bits per heavy atom. The highest BCUT2D eigenvalue weighted by molar-refractivity contribution is 7.89. The highest BCUT2D eigenvalue weighted by Gasteiger charge is 2.36. The predicted octanol–water partition coefficient (Wildman–Crippen LogP) is 3.76. The minimum absolute atomic E-state index is 0.0319. The first kappa shape index (κ1) is 28.5. The molecule has 0 spiro atoms. The van der Waals surface area contributed by atoms with E-state index in [9.17, 15) is 26.4 Å². The molecule has 39 heavy (non-hydrogen) atoms. The van der Waals surface area contributed by atoms with Crippen LogP contribution in [0.4, 0.5) is 13.2 Å². The molecule has 0 unspecified atom stereocenters. The second kappa shape index (κ2) is 10.6. The van der Waals surface area contributed by atoms with Gasteiger partial charge in [0.15, 0.2) is 5.69 Å². The summed E-state index contributed by atoms with van der Waals surface area (Å²) in [5, 5.41) is 7.05. The van der Waals surface area contributed by atoms with Gasteiger partial charge in [0.2, 0.25) is 21.8 Å². The van der Waals surface area contributed by atoms with Crippen molar-refractivity contribution >= 4 is 15.9 Å². The Morgan fingerprint density at radius 1 is 1.15 bits per heavy atom. The van der Waals surface area contributed by atoms with E-state index in [-0.39, 0.29) is 34.6 Å². The lowest BCUT2D eigenvalue weighted by Crippen LogP contribution is -2.48. The summed E-state index contributed by atoms with van der Waals surface area (Å²) in [5.41, 5.74) is -0.975. The number of ether oxygens (including phenoxy) is 2. The zero-order valence-electron chi connectivity index (χ0n) is 21.7. The fraction of sp³-hybridized carbons (Fsp3) is 0.400. The number of sulfonamides is 1. The monoisotopic (exact) mass is 567 g/mol. The van der Waals surface area contributed by atoms with Crippen molar-refractivity contribution < 1.29 is 35.9 Å². The van der Waals surface area contributed by atoms with Gasteiger partial charge in [0, 0.05) is 18.3 Å². The maximum Gasteiger partial charge on any atom is 0.421 e. The highest BCUT2D eigenvalue weighted by atomic mass is 32.2. The lowest BCUT2D eigenvalue weighted by atomic mass is 10.1. The molecule has 0 bridgehead atoms. The molecule has 14 heteroatoms. The minimum atomic E-state index is -4.69. The molecule has 1 aliphatic rings. The summed E-state index contributed by atoms with van der Waals surface area (Å²) >= 11 is 0. The van der Waals surface area contributed by atoms with Crippen LogP contribution in [0.15, 0.2) is 47.5 Å². The Balaban J connectivity index is 1.52. The zero-order chi connectivity index (χ0) is 28.6. The number of amides is 1. The molecule has 0 atom stereocenters. The van der Waals surface area contributed by atoms with E-state index >= 15 is 0 Å². The molecule has 1 amide bonds. The molecule has 3 aromatic rings. The second-order valence-electron chi connectivity index (χ2n) is 10.00. The van der Waals surface area contributed by atoms with E-state index in [1.54, 1.807) is 32.9 Å². The first-order valence-electron chi connectivity index (χ1n) is 11.9. The molecule has 1 aliphatic heterocycles. The van der Waals surface area contributed by atoms with Gasteiger partial charge in [-0.3, -0.25) is 4.79 Å². The molecule has 1 aromatic carbocycles. The molecule has 0 radical (unpaired) electrons. The van der Waals surface area contributed by atoms with Gasteiger partial charge >= 0.3 is 6.18 Å². The standard InChI is InChI=1S/C25H28F3N5O5S/c1-15-20(21(34)30-12-16-7-9-18(10-8-16)39(35,36)32-17-13-37-14-17)31-33(24(2,3)4)23(15)38-22-19(25(26,27)28)6-5-11-29-22/h5-11,17,32H,12-14H2,1-4H3,(H,30,34). The molecule has 0 saturated carbocycles. The lowest BCUT2D eigenvalue weighted by Gasteiger charge is -2.26. The summed E-state index contributed by atoms with van der Waals surface area (Å²) in [6, 6.07) is 7.76. The van der Waals surface area contributed by atoms with Crippen molar-refractivity contribution in [3.05, 3.63) is 65.0 Å². The Bertz CT molecular complexity index is 1460. The van der Waals surface area contributed by atoms with Gasteiger partial charge in [-0.05, 0) is 57.5 Å². The minimum Gasteiger partial charge on any atom is -0.420 e. The van der Waals surface area contributed by atoms with Gasteiger partial charge in [-0.15, -0.1) is 0 Å². The van der Waals surface area contributed by atoms with Crippen LogP contribution in [-0.4, -0.2) is 48.3 Å². The smallest absolute Gasteiger partial charge is 0.420 e.